The number of primary amides is 1. The molecule has 0 aromatic carbocycles. The van der Waals surface area contributed by atoms with Crippen molar-refractivity contribution in [2.75, 3.05) is 6.61 Å². The van der Waals surface area contributed by atoms with E-state index in [-0.39, 0.29) is 6.42 Å². The van der Waals surface area contributed by atoms with Gasteiger partial charge in [-0.05, 0) is 13.3 Å². The van der Waals surface area contributed by atoms with E-state index < -0.39 is 79.2 Å². The maximum atomic E-state index is 12.3. The number of carbonyl (C=O) groups excluding carboxylic acids is 4. The average Bonchev–Trinajstić information content (AvgIpc) is 2.61. The molecule has 164 valence electrons. The van der Waals surface area contributed by atoms with E-state index in [1.165, 1.54) is 6.92 Å². The van der Waals surface area contributed by atoms with Crippen molar-refractivity contribution in [2.24, 2.45) is 11.5 Å². The van der Waals surface area contributed by atoms with Gasteiger partial charge in [-0.1, -0.05) is 0 Å². The van der Waals surface area contributed by atoms with E-state index >= 15 is 0 Å². The summed E-state index contributed by atoms with van der Waals surface area (Å²) in [4.78, 5) is 68.7. The summed E-state index contributed by atoms with van der Waals surface area (Å²) < 4.78 is 0. The largest absolute Gasteiger partial charge is 0.481 e. The van der Waals surface area contributed by atoms with Gasteiger partial charge in [0.1, 0.15) is 18.1 Å². The van der Waals surface area contributed by atoms with E-state index in [9.17, 15) is 28.8 Å². The third-order valence-corrected chi connectivity index (χ3v) is 3.59. The summed E-state index contributed by atoms with van der Waals surface area (Å²) in [6.45, 7) is 0.329. The fourth-order valence-corrected chi connectivity index (χ4v) is 1.99. The third kappa shape index (κ3) is 10.0. The van der Waals surface area contributed by atoms with Crippen molar-refractivity contribution in [2.45, 2.75) is 50.4 Å². The van der Waals surface area contributed by atoms with Crippen LogP contribution < -0.4 is 27.4 Å². The van der Waals surface area contributed by atoms with E-state index in [2.05, 4.69) is 10.6 Å². The number of rotatable bonds is 13. The topological polar surface area (TPSA) is 251 Å². The number of hydrogen-bond donors (Lipinski definition) is 8. The van der Waals surface area contributed by atoms with Crippen molar-refractivity contribution >= 4 is 35.6 Å². The van der Waals surface area contributed by atoms with Gasteiger partial charge in [0.25, 0.3) is 0 Å². The first kappa shape index (κ1) is 25.7. The molecule has 0 aliphatic carbocycles. The molecule has 4 atom stereocenters. The number of aliphatic hydroxyl groups is 1. The highest BCUT2D eigenvalue weighted by Crippen LogP contribution is 2.01. The molecule has 0 aromatic heterocycles. The summed E-state index contributed by atoms with van der Waals surface area (Å²) in [5, 5.41) is 32.8. The standard InChI is InChI=1S/C15H25N5O9/c1-6(12(25)20-9(5-21)15(28)29)18-14(27)8(2-3-11(23)24)19-13(26)7(16)4-10(17)22/h6-9,21H,2-5,16H2,1H3,(H2,17,22)(H,18,27)(H,19,26)(H,20,25)(H,23,24)(H,28,29). The molecule has 4 unspecified atom stereocenters. The molecule has 0 radical (unpaired) electrons. The maximum absolute atomic E-state index is 12.3. The van der Waals surface area contributed by atoms with Gasteiger partial charge in [-0.25, -0.2) is 4.79 Å². The molecule has 0 saturated heterocycles. The molecule has 0 aliphatic heterocycles. The lowest BCUT2D eigenvalue weighted by Crippen LogP contribution is -2.57. The van der Waals surface area contributed by atoms with Crippen molar-refractivity contribution in [1.29, 1.82) is 0 Å². The zero-order valence-corrected chi connectivity index (χ0v) is 15.6. The molecule has 0 saturated carbocycles. The molecule has 4 amide bonds. The molecule has 0 bridgehead atoms. The second kappa shape index (κ2) is 12.2. The molecule has 0 aromatic rings. The SMILES string of the molecule is CC(NC(=O)C(CCC(=O)O)NC(=O)C(N)CC(N)=O)C(=O)NC(CO)C(=O)O. The fraction of sp³-hybridized carbons (Fsp3) is 0.600. The average molecular weight is 419 g/mol. The summed E-state index contributed by atoms with van der Waals surface area (Å²) in [6.07, 6.45) is -1.36. The highest BCUT2D eigenvalue weighted by atomic mass is 16.4. The van der Waals surface area contributed by atoms with Crippen molar-refractivity contribution in [3.63, 3.8) is 0 Å². The van der Waals surface area contributed by atoms with Crippen LogP contribution in [-0.2, 0) is 28.8 Å². The Balaban J connectivity index is 5.08. The number of nitrogens with two attached hydrogens (primary N) is 2. The molecule has 29 heavy (non-hydrogen) atoms. The minimum Gasteiger partial charge on any atom is -0.481 e. The molecule has 14 heteroatoms. The van der Waals surface area contributed by atoms with Crippen LogP contribution in [0.4, 0.5) is 0 Å². The molecule has 0 heterocycles. The lowest BCUT2D eigenvalue weighted by atomic mass is 10.1. The lowest BCUT2D eigenvalue weighted by Gasteiger charge is -2.22. The van der Waals surface area contributed by atoms with Gasteiger partial charge in [0, 0.05) is 6.42 Å². The van der Waals surface area contributed by atoms with Crippen molar-refractivity contribution in [1.82, 2.24) is 16.0 Å². The molecule has 14 nitrogen and oxygen atoms in total. The van der Waals surface area contributed by atoms with Crippen molar-refractivity contribution < 1.29 is 44.1 Å². The Morgan fingerprint density at radius 3 is 1.90 bits per heavy atom. The highest BCUT2D eigenvalue weighted by molar-refractivity contribution is 5.95. The van der Waals surface area contributed by atoms with Gasteiger partial charge in [-0.2, -0.15) is 0 Å². The molecule has 0 fully saturated rings. The second-order valence-corrected chi connectivity index (χ2v) is 6.08. The summed E-state index contributed by atoms with van der Waals surface area (Å²) in [5.74, 6) is -6.41. The van der Waals surface area contributed by atoms with Gasteiger partial charge in [-0.15, -0.1) is 0 Å². The normalized spacial score (nSPS) is 14.6. The minimum atomic E-state index is -1.59. The molecule has 0 rings (SSSR count). The van der Waals surface area contributed by atoms with Gasteiger partial charge in [0.15, 0.2) is 0 Å². The fourth-order valence-electron chi connectivity index (χ4n) is 1.99. The maximum Gasteiger partial charge on any atom is 0.328 e. The number of nitrogens with one attached hydrogen (secondary N) is 3. The predicted molar refractivity (Wildman–Crippen MR) is 94.8 cm³/mol. The predicted octanol–water partition coefficient (Wildman–Crippen LogP) is -4.39. The van der Waals surface area contributed by atoms with Gasteiger partial charge < -0.3 is 42.7 Å². The minimum absolute atomic E-state index is 0.348. The van der Waals surface area contributed by atoms with E-state index in [0.717, 1.165) is 0 Å². The monoisotopic (exact) mass is 419 g/mol. The first-order chi connectivity index (χ1) is 13.4. The number of aliphatic carboxylic acids is 2. The lowest BCUT2D eigenvalue weighted by molar-refractivity contribution is -0.143. The Bertz CT molecular complexity index is 654. The van der Waals surface area contributed by atoms with Crippen LogP contribution in [0.2, 0.25) is 0 Å². The zero-order chi connectivity index (χ0) is 22.7. The van der Waals surface area contributed by atoms with E-state index in [0.29, 0.717) is 0 Å². The summed E-state index contributed by atoms with van der Waals surface area (Å²) in [7, 11) is 0. The van der Waals surface area contributed by atoms with Crippen LogP contribution in [0.25, 0.3) is 0 Å². The molecule has 10 N–H and O–H groups in total. The van der Waals surface area contributed by atoms with Gasteiger partial charge in [-0.3, -0.25) is 24.0 Å². The van der Waals surface area contributed by atoms with Gasteiger partial charge in [0.05, 0.1) is 19.1 Å². The van der Waals surface area contributed by atoms with Gasteiger partial charge >= 0.3 is 11.9 Å². The Kier molecular flexibility index (Phi) is 10.9. The molecular weight excluding hydrogens is 394 g/mol. The first-order valence-corrected chi connectivity index (χ1v) is 8.39. The highest BCUT2D eigenvalue weighted by Gasteiger charge is 2.28. The van der Waals surface area contributed by atoms with Crippen molar-refractivity contribution in [3.05, 3.63) is 0 Å². The van der Waals surface area contributed by atoms with Crippen molar-refractivity contribution in [3.8, 4) is 0 Å². The molecule has 0 spiro atoms. The Labute approximate surface area is 165 Å². The number of aliphatic hydroxyl groups excluding tert-OH is 1. The number of carboxylic acids is 2. The van der Waals surface area contributed by atoms with E-state index in [4.69, 9.17) is 26.8 Å². The van der Waals surface area contributed by atoms with Gasteiger partial charge in [0.2, 0.25) is 23.6 Å². The van der Waals surface area contributed by atoms with Crippen LogP contribution in [0.3, 0.4) is 0 Å². The number of hydrogen-bond acceptors (Lipinski definition) is 8. The number of carbonyl (C=O) groups is 6. The smallest absolute Gasteiger partial charge is 0.328 e. The van der Waals surface area contributed by atoms with Crippen LogP contribution in [-0.4, -0.2) is 81.7 Å². The third-order valence-electron chi connectivity index (χ3n) is 3.59. The zero-order valence-electron chi connectivity index (χ0n) is 15.6. The van der Waals surface area contributed by atoms with Crippen LogP contribution in [0.15, 0.2) is 0 Å². The molecular formula is C15H25N5O9. The van der Waals surface area contributed by atoms with E-state index in [1.54, 1.807) is 0 Å². The number of amides is 4. The summed E-state index contributed by atoms with van der Waals surface area (Å²) in [6, 6.07) is -5.63. The summed E-state index contributed by atoms with van der Waals surface area (Å²) >= 11 is 0. The Morgan fingerprint density at radius 1 is 0.897 bits per heavy atom. The number of carboxylic acid groups (broad SMARTS) is 2. The molecule has 0 aliphatic rings. The van der Waals surface area contributed by atoms with Crippen LogP contribution in [0.5, 0.6) is 0 Å². The second-order valence-electron chi connectivity index (χ2n) is 6.08. The quantitative estimate of drug-likeness (QED) is 0.142. The van der Waals surface area contributed by atoms with Crippen LogP contribution in [0.1, 0.15) is 26.2 Å². The first-order valence-electron chi connectivity index (χ1n) is 8.39. The Hall–Kier alpha value is -3.26. The van der Waals surface area contributed by atoms with Crippen LogP contribution in [0, 0.1) is 0 Å². The summed E-state index contributed by atoms with van der Waals surface area (Å²) in [5.41, 5.74) is 10.4. The Morgan fingerprint density at radius 2 is 1.45 bits per heavy atom. The van der Waals surface area contributed by atoms with Crippen LogP contribution >= 0.6 is 0 Å². The van der Waals surface area contributed by atoms with E-state index in [1.807, 2.05) is 5.32 Å².